The Bertz CT molecular complexity index is 515. The molecule has 0 fully saturated rings. The molecule has 0 saturated heterocycles. The summed E-state index contributed by atoms with van der Waals surface area (Å²) in [5.74, 6) is 0. The molecule has 0 aliphatic carbocycles. The van der Waals surface area contributed by atoms with E-state index < -0.39 is 6.10 Å². The van der Waals surface area contributed by atoms with E-state index in [0.717, 1.165) is 12.1 Å². The molecule has 1 atom stereocenters. The molecule has 1 N–H and O–H groups in total. The lowest BCUT2D eigenvalue weighted by Crippen LogP contribution is -2.24. The Morgan fingerprint density at radius 1 is 1.11 bits per heavy atom. The molecule has 0 radical (unpaired) electrons. The summed E-state index contributed by atoms with van der Waals surface area (Å²) in [6, 6.07) is 17.6. The van der Waals surface area contributed by atoms with Gasteiger partial charge in [0.05, 0.1) is 6.10 Å². The van der Waals surface area contributed by atoms with Crippen LogP contribution in [-0.2, 0) is 6.54 Å². The number of halogens is 1. The first-order chi connectivity index (χ1) is 9.15. The van der Waals surface area contributed by atoms with Gasteiger partial charge in [0.25, 0.3) is 0 Å². The summed E-state index contributed by atoms with van der Waals surface area (Å²) in [5, 5.41) is 10.8. The lowest BCUT2D eigenvalue weighted by Gasteiger charge is -2.21. The van der Waals surface area contributed by atoms with Gasteiger partial charge < -0.3 is 5.11 Å². The van der Waals surface area contributed by atoms with Gasteiger partial charge in [-0.1, -0.05) is 54.1 Å². The average molecular weight is 276 g/mol. The Hall–Kier alpha value is -1.35. The maximum Gasteiger partial charge on any atom is 0.0917 e. The highest BCUT2D eigenvalue weighted by Crippen LogP contribution is 2.18. The van der Waals surface area contributed by atoms with Crippen LogP contribution < -0.4 is 0 Å². The normalized spacial score (nSPS) is 12.6. The highest BCUT2D eigenvalue weighted by atomic mass is 35.5. The van der Waals surface area contributed by atoms with Gasteiger partial charge in [0.15, 0.2) is 0 Å². The second-order valence-electron chi connectivity index (χ2n) is 4.75. The van der Waals surface area contributed by atoms with E-state index in [0.29, 0.717) is 11.6 Å². The molecule has 100 valence electrons. The van der Waals surface area contributed by atoms with Crippen LogP contribution in [0.1, 0.15) is 17.2 Å². The van der Waals surface area contributed by atoms with Crippen molar-refractivity contribution in [2.24, 2.45) is 0 Å². The Kier molecular flexibility index (Phi) is 4.97. The molecule has 0 bridgehead atoms. The maximum absolute atomic E-state index is 10.2. The van der Waals surface area contributed by atoms with Crippen LogP contribution >= 0.6 is 11.6 Å². The number of aliphatic hydroxyl groups is 1. The van der Waals surface area contributed by atoms with E-state index in [1.807, 2.05) is 49.5 Å². The highest BCUT2D eigenvalue weighted by molar-refractivity contribution is 6.30. The van der Waals surface area contributed by atoms with Crippen LogP contribution in [-0.4, -0.2) is 23.6 Å². The van der Waals surface area contributed by atoms with Crippen molar-refractivity contribution >= 4 is 11.6 Å². The Balaban J connectivity index is 1.93. The van der Waals surface area contributed by atoms with Gasteiger partial charge in [-0.15, -0.1) is 0 Å². The Labute approximate surface area is 119 Å². The number of hydrogen-bond acceptors (Lipinski definition) is 2. The molecule has 0 saturated carbocycles. The SMILES string of the molecule is CN(Cc1ccccc1)C[C@@H](O)c1cccc(Cl)c1. The molecule has 0 amide bonds. The van der Waals surface area contributed by atoms with Gasteiger partial charge in [0, 0.05) is 18.1 Å². The maximum atomic E-state index is 10.2. The fraction of sp³-hybridized carbons (Fsp3) is 0.250. The summed E-state index contributed by atoms with van der Waals surface area (Å²) >= 11 is 5.93. The number of hydrogen-bond donors (Lipinski definition) is 1. The molecule has 2 aromatic rings. The van der Waals surface area contributed by atoms with Gasteiger partial charge in [-0.3, -0.25) is 4.90 Å². The third-order valence-corrected chi connectivity index (χ3v) is 3.25. The molecule has 0 aromatic heterocycles. The molecule has 0 aliphatic heterocycles. The molecular formula is C16H18ClNO. The standard InChI is InChI=1S/C16H18ClNO/c1-18(11-13-6-3-2-4-7-13)12-16(19)14-8-5-9-15(17)10-14/h2-10,16,19H,11-12H2,1H3/t16-/m1/s1. The first kappa shape index (κ1) is 14.1. The summed E-state index contributed by atoms with van der Waals surface area (Å²) in [4.78, 5) is 2.10. The van der Waals surface area contributed by atoms with E-state index in [1.54, 1.807) is 0 Å². The monoisotopic (exact) mass is 275 g/mol. The van der Waals surface area contributed by atoms with Gasteiger partial charge in [0.2, 0.25) is 0 Å². The lowest BCUT2D eigenvalue weighted by atomic mass is 10.1. The topological polar surface area (TPSA) is 23.5 Å². The van der Waals surface area contributed by atoms with Crippen molar-refractivity contribution in [3.63, 3.8) is 0 Å². The van der Waals surface area contributed by atoms with Crippen LogP contribution in [0.25, 0.3) is 0 Å². The zero-order valence-electron chi connectivity index (χ0n) is 11.0. The van der Waals surface area contributed by atoms with Crippen molar-refractivity contribution < 1.29 is 5.11 Å². The van der Waals surface area contributed by atoms with Gasteiger partial charge in [0.1, 0.15) is 0 Å². The molecular weight excluding hydrogens is 258 g/mol. The summed E-state index contributed by atoms with van der Waals surface area (Å²) in [6.45, 7) is 1.40. The number of benzene rings is 2. The van der Waals surface area contributed by atoms with Gasteiger partial charge in [-0.2, -0.15) is 0 Å². The second-order valence-corrected chi connectivity index (χ2v) is 5.19. The fourth-order valence-electron chi connectivity index (χ4n) is 2.07. The number of rotatable bonds is 5. The van der Waals surface area contributed by atoms with Crippen molar-refractivity contribution in [1.82, 2.24) is 4.90 Å². The van der Waals surface area contributed by atoms with Crippen LogP contribution in [0.15, 0.2) is 54.6 Å². The van der Waals surface area contributed by atoms with Gasteiger partial charge >= 0.3 is 0 Å². The third kappa shape index (κ3) is 4.35. The summed E-state index contributed by atoms with van der Waals surface area (Å²) in [7, 11) is 2.00. The smallest absolute Gasteiger partial charge is 0.0917 e. The van der Waals surface area contributed by atoms with Crippen LogP contribution in [0.2, 0.25) is 5.02 Å². The van der Waals surface area contributed by atoms with E-state index in [2.05, 4.69) is 17.0 Å². The molecule has 0 heterocycles. The number of aliphatic hydroxyl groups excluding tert-OH is 1. The first-order valence-corrected chi connectivity index (χ1v) is 6.69. The van der Waals surface area contributed by atoms with Crippen LogP contribution in [0.3, 0.4) is 0 Å². The fourth-order valence-corrected chi connectivity index (χ4v) is 2.27. The van der Waals surface area contributed by atoms with Crippen LogP contribution in [0.4, 0.5) is 0 Å². The van der Waals surface area contributed by atoms with Crippen molar-refractivity contribution in [2.45, 2.75) is 12.6 Å². The summed E-state index contributed by atoms with van der Waals surface area (Å²) < 4.78 is 0. The molecule has 2 aromatic carbocycles. The number of nitrogens with zero attached hydrogens (tertiary/aromatic N) is 1. The quantitative estimate of drug-likeness (QED) is 0.903. The van der Waals surface area contributed by atoms with E-state index in [-0.39, 0.29) is 0 Å². The van der Waals surface area contributed by atoms with Gasteiger partial charge in [-0.05, 0) is 30.3 Å². The minimum Gasteiger partial charge on any atom is -0.387 e. The molecule has 0 unspecified atom stereocenters. The molecule has 19 heavy (non-hydrogen) atoms. The Morgan fingerprint density at radius 2 is 1.84 bits per heavy atom. The zero-order chi connectivity index (χ0) is 13.7. The van der Waals surface area contributed by atoms with E-state index in [1.165, 1.54) is 5.56 Å². The van der Waals surface area contributed by atoms with Gasteiger partial charge in [-0.25, -0.2) is 0 Å². The van der Waals surface area contributed by atoms with Crippen molar-refractivity contribution in [3.8, 4) is 0 Å². The molecule has 2 nitrogen and oxygen atoms in total. The third-order valence-electron chi connectivity index (χ3n) is 3.01. The highest BCUT2D eigenvalue weighted by Gasteiger charge is 2.11. The Morgan fingerprint density at radius 3 is 2.53 bits per heavy atom. The predicted octanol–water partition coefficient (Wildman–Crippen LogP) is 3.51. The largest absolute Gasteiger partial charge is 0.387 e. The predicted molar refractivity (Wildman–Crippen MR) is 79.2 cm³/mol. The lowest BCUT2D eigenvalue weighted by molar-refractivity contribution is 0.124. The molecule has 0 aliphatic rings. The number of likely N-dealkylation sites (N-methyl/N-ethyl adjacent to an activating group) is 1. The zero-order valence-corrected chi connectivity index (χ0v) is 11.7. The van der Waals surface area contributed by atoms with Crippen LogP contribution in [0.5, 0.6) is 0 Å². The minimum atomic E-state index is -0.521. The molecule has 3 heteroatoms. The first-order valence-electron chi connectivity index (χ1n) is 6.31. The molecule has 0 spiro atoms. The van der Waals surface area contributed by atoms with Crippen molar-refractivity contribution in [3.05, 3.63) is 70.7 Å². The van der Waals surface area contributed by atoms with E-state index in [9.17, 15) is 5.11 Å². The summed E-state index contributed by atoms with van der Waals surface area (Å²) in [5.41, 5.74) is 2.09. The summed E-state index contributed by atoms with van der Waals surface area (Å²) in [6.07, 6.45) is -0.521. The van der Waals surface area contributed by atoms with Crippen molar-refractivity contribution in [2.75, 3.05) is 13.6 Å². The van der Waals surface area contributed by atoms with E-state index in [4.69, 9.17) is 11.6 Å². The molecule has 2 rings (SSSR count). The minimum absolute atomic E-state index is 0.521. The average Bonchev–Trinajstić information content (AvgIpc) is 2.39. The second kappa shape index (κ2) is 6.71. The van der Waals surface area contributed by atoms with E-state index >= 15 is 0 Å². The van der Waals surface area contributed by atoms with Crippen LogP contribution in [0, 0.1) is 0 Å². The van der Waals surface area contributed by atoms with Crippen molar-refractivity contribution in [1.29, 1.82) is 0 Å².